The quantitative estimate of drug-likeness (QED) is 0.775. The molecule has 1 saturated carbocycles. The first-order valence-electron chi connectivity index (χ1n) is 6.42. The van der Waals surface area contributed by atoms with E-state index in [4.69, 9.17) is 16.3 Å². The molecule has 0 aromatic heterocycles. The summed E-state index contributed by atoms with van der Waals surface area (Å²) in [6.45, 7) is 1.61. The van der Waals surface area contributed by atoms with Gasteiger partial charge in [0.2, 0.25) is 0 Å². The zero-order chi connectivity index (χ0) is 13.2. The summed E-state index contributed by atoms with van der Waals surface area (Å²) < 4.78 is 5.16. The molecule has 1 aliphatic carbocycles. The normalized spacial score (nSPS) is 27.8. The first kappa shape index (κ1) is 13.4. The summed E-state index contributed by atoms with van der Waals surface area (Å²) in [4.78, 5) is 11.2. The van der Waals surface area contributed by atoms with Crippen LogP contribution in [-0.2, 0) is 4.79 Å². The van der Waals surface area contributed by atoms with Gasteiger partial charge >= 0.3 is 0 Å². The number of carbonyl (C=O) groups excluding carboxylic acids is 1. The molecule has 3 heteroatoms. The molecule has 0 amide bonds. The predicted molar refractivity (Wildman–Crippen MR) is 73.5 cm³/mol. The molecule has 2 rings (SSSR count). The first-order chi connectivity index (χ1) is 8.58. The van der Waals surface area contributed by atoms with Crippen LogP contribution in [0.25, 0.3) is 0 Å². The van der Waals surface area contributed by atoms with Crippen molar-refractivity contribution in [1.82, 2.24) is 0 Å². The van der Waals surface area contributed by atoms with Gasteiger partial charge in [-0.25, -0.2) is 0 Å². The van der Waals surface area contributed by atoms with Gasteiger partial charge in [-0.15, -0.1) is 11.6 Å². The Hall–Kier alpha value is -1.02. The van der Waals surface area contributed by atoms with Crippen LogP contribution >= 0.6 is 11.6 Å². The van der Waals surface area contributed by atoms with Crippen molar-refractivity contribution in [2.75, 3.05) is 7.11 Å². The third-order valence-corrected chi connectivity index (χ3v) is 4.66. The maximum absolute atomic E-state index is 11.9. The largest absolute Gasteiger partial charge is 0.497 e. The minimum absolute atomic E-state index is 0.0877. The van der Waals surface area contributed by atoms with E-state index >= 15 is 0 Å². The van der Waals surface area contributed by atoms with Crippen LogP contribution in [0.5, 0.6) is 5.75 Å². The lowest BCUT2D eigenvalue weighted by molar-refractivity contribution is -0.120. The highest BCUT2D eigenvalue weighted by atomic mass is 35.5. The molecule has 2 nitrogen and oxygen atoms in total. The second-order valence-electron chi connectivity index (χ2n) is 4.99. The highest BCUT2D eigenvalue weighted by molar-refractivity contribution is 6.35. The van der Waals surface area contributed by atoms with Gasteiger partial charge in [-0.05, 0) is 37.5 Å². The van der Waals surface area contributed by atoms with E-state index in [-0.39, 0.29) is 11.7 Å². The first-order valence-corrected chi connectivity index (χ1v) is 6.79. The Bertz CT molecular complexity index is 427. The number of Topliss-reactive ketones (excluding diaryl/α,β-unsaturated/α-hetero) is 1. The molecule has 18 heavy (non-hydrogen) atoms. The standard InChI is InChI=1S/C15H19ClO2/c1-11(17)15(16)10-4-3-5-14(15)12-6-8-13(18-2)9-7-12/h6-9,14H,3-5,10H2,1-2H3/t14-,15-/m0/s1. The lowest BCUT2D eigenvalue weighted by atomic mass is 9.73. The van der Waals surface area contributed by atoms with Crippen molar-refractivity contribution in [3.8, 4) is 5.75 Å². The summed E-state index contributed by atoms with van der Waals surface area (Å²) in [6.07, 6.45) is 3.93. The molecular formula is C15H19ClO2. The monoisotopic (exact) mass is 266 g/mol. The molecule has 0 heterocycles. The highest BCUT2D eigenvalue weighted by Crippen LogP contribution is 2.46. The van der Waals surface area contributed by atoms with Crippen molar-refractivity contribution in [1.29, 1.82) is 0 Å². The molecule has 1 aliphatic rings. The third kappa shape index (κ3) is 2.39. The maximum Gasteiger partial charge on any atom is 0.151 e. The molecule has 0 bridgehead atoms. The van der Waals surface area contributed by atoms with E-state index in [0.717, 1.165) is 37.0 Å². The molecule has 0 saturated heterocycles. The van der Waals surface area contributed by atoms with Crippen LogP contribution in [0.1, 0.15) is 44.1 Å². The zero-order valence-electron chi connectivity index (χ0n) is 10.9. The predicted octanol–water partition coefficient (Wildman–Crippen LogP) is 3.92. The summed E-state index contributed by atoms with van der Waals surface area (Å²) >= 11 is 6.60. The molecular weight excluding hydrogens is 248 g/mol. The highest BCUT2D eigenvalue weighted by Gasteiger charge is 2.43. The fraction of sp³-hybridized carbons (Fsp3) is 0.533. The van der Waals surface area contributed by atoms with Crippen LogP contribution in [0.3, 0.4) is 0 Å². The molecule has 1 aromatic carbocycles. The van der Waals surface area contributed by atoms with E-state index in [1.807, 2.05) is 24.3 Å². The van der Waals surface area contributed by atoms with E-state index in [9.17, 15) is 4.79 Å². The van der Waals surface area contributed by atoms with E-state index < -0.39 is 4.87 Å². The fourth-order valence-corrected chi connectivity index (χ4v) is 3.19. The Balaban J connectivity index is 2.30. The van der Waals surface area contributed by atoms with Crippen molar-refractivity contribution in [3.63, 3.8) is 0 Å². The summed E-state index contributed by atoms with van der Waals surface area (Å²) in [5, 5.41) is 0. The van der Waals surface area contributed by atoms with Crippen molar-refractivity contribution >= 4 is 17.4 Å². The van der Waals surface area contributed by atoms with Crippen molar-refractivity contribution in [2.45, 2.75) is 43.4 Å². The summed E-state index contributed by atoms with van der Waals surface area (Å²) in [5.74, 6) is 1.04. The van der Waals surface area contributed by atoms with E-state index in [0.29, 0.717) is 0 Å². The van der Waals surface area contributed by atoms with Gasteiger partial charge in [0.15, 0.2) is 5.78 Å². The second-order valence-corrected chi connectivity index (χ2v) is 5.66. The SMILES string of the molecule is COc1ccc([C@@H]2CCCC[C@]2(Cl)C(C)=O)cc1. The van der Waals surface area contributed by atoms with Crippen LogP contribution in [0.2, 0.25) is 0 Å². The van der Waals surface area contributed by atoms with Crippen molar-refractivity contribution in [3.05, 3.63) is 29.8 Å². The molecule has 2 atom stereocenters. The number of rotatable bonds is 3. The molecule has 98 valence electrons. The van der Waals surface area contributed by atoms with Crippen LogP contribution in [0, 0.1) is 0 Å². The van der Waals surface area contributed by atoms with Crippen molar-refractivity contribution < 1.29 is 9.53 Å². The van der Waals surface area contributed by atoms with Crippen LogP contribution in [0.4, 0.5) is 0 Å². The van der Waals surface area contributed by atoms with Crippen LogP contribution in [0.15, 0.2) is 24.3 Å². The molecule has 1 aromatic rings. The third-order valence-electron chi connectivity index (χ3n) is 3.94. The number of halogens is 1. The van der Waals surface area contributed by atoms with Gasteiger partial charge in [-0.1, -0.05) is 25.0 Å². The number of alkyl halides is 1. The maximum atomic E-state index is 11.9. The number of ketones is 1. The number of hydrogen-bond acceptors (Lipinski definition) is 2. The molecule has 1 fully saturated rings. The average molecular weight is 267 g/mol. The van der Waals surface area contributed by atoms with Gasteiger partial charge < -0.3 is 4.74 Å². The van der Waals surface area contributed by atoms with Gasteiger partial charge in [-0.2, -0.15) is 0 Å². The van der Waals surface area contributed by atoms with Gasteiger partial charge in [0.05, 0.1) is 7.11 Å². The molecule has 0 unspecified atom stereocenters. The zero-order valence-corrected chi connectivity index (χ0v) is 11.7. The number of methoxy groups -OCH3 is 1. The summed E-state index contributed by atoms with van der Waals surface area (Å²) in [5.41, 5.74) is 1.14. The number of ether oxygens (including phenoxy) is 1. The molecule has 0 spiro atoms. The summed E-state index contributed by atoms with van der Waals surface area (Å²) in [6, 6.07) is 7.91. The lowest BCUT2D eigenvalue weighted by Gasteiger charge is -2.37. The van der Waals surface area contributed by atoms with Gasteiger partial charge in [-0.3, -0.25) is 4.79 Å². The number of hydrogen-bond donors (Lipinski definition) is 0. The van der Waals surface area contributed by atoms with E-state index in [1.165, 1.54) is 0 Å². The average Bonchev–Trinajstić information content (AvgIpc) is 2.39. The smallest absolute Gasteiger partial charge is 0.151 e. The Labute approximate surface area is 113 Å². The van der Waals surface area contributed by atoms with Crippen molar-refractivity contribution in [2.24, 2.45) is 0 Å². The number of carbonyl (C=O) groups is 1. The lowest BCUT2D eigenvalue weighted by Crippen LogP contribution is -2.40. The molecule has 0 radical (unpaired) electrons. The minimum Gasteiger partial charge on any atom is -0.497 e. The Morgan fingerprint density at radius 3 is 2.56 bits per heavy atom. The Morgan fingerprint density at radius 1 is 1.33 bits per heavy atom. The molecule has 0 aliphatic heterocycles. The Kier molecular flexibility index (Phi) is 3.96. The van der Waals surface area contributed by atoms with Crippen LogP contribution < -0.4 is 4.74 Å². The Morgan fingerprint density at radius 2 is 2.00 bits per heavy atom. The topological polar surface area (TPSA) is 26.3 Å². The number of benzene rings is 1. The van der Waals surface area contributed by atoms with Gasteiger partial charge in [0.25, 0.3) is 0 Å². The van der Waals surface area contributed by atoms with E-state index in [2.05, 4.69) is 0 Å². The van der Waals surface area contributed by atoms with Gasteiger partial charge in [0, 0.05) is 5.92 Å². The molecule has 0 N–H and O–H groups in total. The van der Waals surface area contributed by atoms with Crippen LogP contribution in [-0.4, -0.2) is 17.8 Å². The second kappa shape index (κ2) is 5.31. The van der Waals surface area contributed by atoms with Gasteiger partial charge in [0.1, 0.15) is 10.6 Å². The minimum atomic E-state index is -0.715. The van der Waals surface area contributed by atoms with E-state index in [1.54, 1.807) is 14.0 Å². The fourth-order valence-electron chi connectivity index (χ4n) is 2.82. The summed E-state index contributed by atoms with van der Waals surface area (Å²) in [7, 11) is 1.65.